The van der Waals surface area contributed by atoms with Crippen molar-refractivity contribution in [2.45, 2.75) is 13.0 Å². The summed E-state index contributed by atoms with van der Waals surface area (Å²) in [5.74, 6) is 0.709. The quantitative estimate of drug-likeness (QED) is 0.799. The molecule has 0 aliphatic carbocycles. The van der Waals surface area contributed by atoms with Gasteiger partial charge in [0.05, 0.1) is 16.4 Å². The highest BCUT2D eigenvalue weighted by Crippen LogP contribution is 2.36. The van der Waals surface area contributed by atoms with Gasteiger partial charge in [-0.15, -0.1) is 12.4 Å². The largest absolute Gasteiger partial charge is 0.489 e. The predicted octanol–water partition coefficient (Wildman–Crippen LogP) is 3.19. The maximum absolute atomic E-state index is 12.5. The number of aromatic nitrogens is 2. The molecule has 0 fully saturated rings. The van der Waals surface area contributed by atoms with Gasteiger partial charge in [-0.05, 0) is 40.5 Å². The summed E-state index contributed by atoms with van der Waals surface area (Å²) in [7, 11) is 0. The van der Waals surface area contributed by atoms with Gasteiger partial charge in [0.1, 0.15) is 18.4 Å². The molecule has 19 heavy (non-hydrogen) atoms. The molecule has 0 spiro atoms. The number of rotatable bonds is 1. The van der Waals surface area contributed by atoms with Crippen molar-refractivity contribution in [3.05, 3.63) is 46.5 Å². The minimum atomic E-state index is -0.325. The number of hydrogen-bond acceptors (Lipinski definition) is 3. The summed E-state index contributed by atoms with van der Waals surface area (Å²) in [6.45, 7) is 2.29. The van der Waals surface area contributed by atoms with E-state index in [1.165, 1.54) is 0 Å². The number of ketones is 1. The van der Waals surface area contributed by atoms with Gasteiger partial charge in [0, 0.05) is 12.4 Å². The van der Waals surface area contributed by atoms with E-state index in [1.54, 1.807) is 23.3 Å². The molecule has 0 radical (unpaired) electrons. The van der Waals surface area contributed by atoms with Crippen molar-refractivity contribution in [1.82, 2.24) is 9.55 Å². The fourth-order valence-corrected chi connectivity index (χ4v) is 2.84. The Balaban J connectivity index is 0.00000133. The van der Waals surface area contributed by atoms with Gasteiger partial charge in [0.25, 0.3) is 0 Å². The Labute approximate surface area is 125 Å². The van der Waals surface area contributed by atoms with E-state index in [-0.39, 0.29) is 24.2 Å². The number of nitrogens with zero attached hydrogens (tertiary/aromatic N) is 2. The molecule has 0 amide bonds. The van der Waals surface area contributed by atoms with E-state index >= 15 is 0 Å². The van der Waals surface area contributed by atoms with Gasteiger partial charge in [-0.2, -0.15) is 0 Å². The molecule has 2 aromatic rings. The summed E-state index contributed by atoms with van der Waals surface area (Å²) >= 11 is 3.43. The molecule has 1 aromatic carbocycles. The molecule has 1 aliphatic heterocycles. The third kappa shape index (κ3) is 2.40. The Hall–Kier alpha value is -1.33. The Morgan fingerprint density at radius 2 is 2.26 bits per heavy atom. The lowest BCUT2D eigenvalue weighted by atomic mass is 9.99. The summed E-state index contributed by atoms with van der Waals surface area (Å²) in [5.41, 5.74) is 1.66. The molecule has 0 bridgehead atoms. The lowest BCUT2D eigenvalue weighted by Gasteiger charge is -2.26. The number of aryl methyl sites for hydroxylation is 1. The van der Waals surface area contributed by atoms with Gasteiger partial charge in [-0.1, -0.05) is 0 Å². The Morgan fingerprint density at radius 1 is 1.47 bits per heavy atom. The molecule has 100 valence electrons. The van der Waals surface area contributed by atoms with Crippen molar-refractivity contribution in [2.75, 3.05) is 6.61 Å². The van der Waals surface area contributed by atoms with Crippen molar-refractivity contribution in [1.29, 1.82) is 0 Å². The van der Waals surface area contributed by atoms with E-state index in [4.69, 9.17) is 4.74 Å². The number of benzene rings is 1. The highest BCUT2D eigenvalue weighted by molar-refractivity contribution is 9.10. The molecule has 1 atom stereocenters. The molecule has 1 aromatic heterocycles. The fourth-order valence-electron chi connectivity index (χ4n) is 2.15. The zero-order valence-electron chi connectivity index (χ0n) is 10.2. The van der Waals surface area contributed by atoms with Gasteiger partial charge in [-0.25, -0.2) is 4.98 Å². The van der Waals surface area contributed by atoms with Crippen LogP contribution in [0.25, 0.3) is 0 Å². The topological polar surface area (TPSA) is 44.1 Å². The number of carbonyl (C=O) groups is 1. The molecule has 2 heterocycles. The van der Waals surface area contributed by atoms with Crippen molar-refractivity contribution in [3.8, 4) is 5.75 Å². The number of hydrogen-bond donors (Lipinski definition) is 0. The molecule has 6 heteroatoms. The van der Waals surface area contributed by atoms with E-state index in [0.717, 1.165) is 10.0 Å². The first-order valence-electron chi connectivity index (χ1n) is 5.61. The number of carbonyl (C=O) groups excluding carboxylic acids is 1. The summed E-state index contributed by atoms with van der Waals surface area (Å²) < 4.78 is 8.31. The van der Waals surface area contributed by atoms with Gasteiger partial charge >= 0.3 is 0 Å². The molecule has 0 N–H and O–H groups in total. The average Bonchev–Trinajstić information content (AvgIpc) is 2.84. The van der Waals surface area contributed by atoms with Crippen LogP contribution in [0.3, 0.4) is 0 Å². The van der Waals surface area contributed by atoms with Crippen molar-refractivity contribution in [2.24, 2.45) is 0 Å². The molecule has 1 aliphatic rings. The Morgan fingerprint density at radius 3 is 2.95 bits per heavy atom. The summed E-state index contributed by atoms with van der Waals surface area (Å²) in [5, 5.41) is 0. The Bertz CT molecular complexity index is 613. The normalized spacial score (nSPS) is 17.4. The van der Waals surface area contributed by atoms with Gasteiger partial charge < -0.3 is 9.30 Å². The van der Waals surface area contributed by atoms with Crippen LogP contribution < -0.4 is 4.74 Å². The summed E-state index contributed by atoms with van der Waals surface area (Å²) in [4.78, 5) is 16.4. The monoisotopic (exact) mass is 342 g/mol. The number of Topliss-reactive ketones (excluding diaryl/α,β-unsaturated/α-hetero) is 1. The van der Waals surface area contributed by atoms with E-state index in [2.05, 4.69) is 20.9 Å². The second-order valence-electron chi connectivity index (χ2n) is 4.32. The predicted molar refractivity (Wildman–Crippen MR) is 77.2 cm³/mol. The molecule has 3 rings (SSSR count). The maximum atomic E-state index is 12.5. The lowest BCUT2D eigenvalue weighted by molar-refractivity contribution is 0.0840. The van der Waals surface area contributed by atoms with E-state index in [9.17, 15) is 4.79 Å². The molecular weight excluding hydrogens is 332 g/mol. The van der Waals surface area contributed by atoms with E-state index in [0.29, 0.717) is 17.9 Å². The number of halogens is 2. The van der Waals surface area contributed by atoms with Crippen LogP contribution in [0.5, 0.6) is 5.75 Å². The van der Waals surface area contributed by atoms with Crippen LogP contribution >= 0.6 is 28.3 Å². The van der Waals surface area contributed by atoms with E-state index < -0.39 is 0 Å². The van der Waals surface area contributed by atoms with Crippen LogP contribution in [0.1, 0.15) is 22.0 Å². The molecule has 1 unspecified atom stereocenters. The highest BCUT2D eigenvalue weighted by atomic mass is 79.9. The molecular formula is C13H12BrClN2O2. The summed E-state index contributed by atoms with van der Waals surface area (Å²) in [6.07, 6.45) is 5.08. The van der Waals surface area contributed by atoms with Crippen LogP contribution in [0.4, 0.5) is 0 Å². The van der Waals surface area contributed by atoms with Crippen LogP contribution in [0.15, 0.2) is 35.3 Å². The number of imidazole rings is 1. The Kier molecular flexibility index (Phi) is 3.96. The minimum Gasteiger partial charge on any atom is -0.489 e. The first-order chi connectivity index (χ1) is 8.66. The number of ether oxygens (including phenoxy) is 1. The van der Waals surface area contributed by atoms with Crippen molar-refractivity contribution >= 4 is 34.1 Å². The standard InChI is InChI=1S/C13H11BrN2O2.ClH/c1-8-4-9-12(17)11(16-3-2-15-7-16)6-18-13(9)10(14)5-8;/h2-5,7,11H,6H2,1H3;1H. The fraction of sp³-hybridized carbons (Fsp3) is 0.231. The molecule has 4 nitrogen and oxygen atoms in total. The zero-order valence-corrected chi connectivity index (χ0v) is 12.6. The van der Waals surface area contributed by atoms with Gasteiger partial charge in [0.2, 0.25) is 0 Å². The first kappa shape index (κ1) is 14.1. The second kappa shape index (κ2) is 5.35. The third-order valence-electron chi connectivity index (χ3n) is 3.03. The number of fused-ring (bicyclic) bond motifs is 1. The maximum Gasteiger partial charge on any atom is 0.192 e. The SMILES string of the molecule is Cc1cc(Br)c2c(c1)C(=O)C(n1ccnc1)CO2.Cl. The van der Waals surface area contributed by atoms with Crippen LogP contribution in [0.2, 0.25) is 0 Å². The molecule has 0 saturated carbocycles. The second-order valence-corrected chi connectivity index (χ2v) is 5.18. The van der Waals surface area contributed by atoms with Crippen molar-refractivity contribution < 1.29 is 9.53 Å². The average molecular weight is 344 g/mol. The lowest BCUT2D eigenvalue weighted by Crippen LogP contribution is -2.30. The van der Waals surface area contributed by atoms with Crippen molar-refractivity contribution in [3.63, 3.8) is 0 Å². The highest BCUT2D eigenvalue weighted by Gasteiger charge is 2.31. The van der Waals surface area contributed by atoms with Gasteiger partial charge in [0.15, 0.2) is 5.78 Å². The zero-order chi connectivity index (χ0) is 12.7. The van der Waals surface area contributed by atoms with Gasteiger partial charge in [-0.3, -0.25) is 4.79 Å². The minimum absolute atomic E-state index is 0. The molecule has 0 saturated heterocycles. The smallest absolute Gasteiger partial charge is 0.192 e. The summed E-state index contributed by atoms with van der Waals surface area (Å²) in [6, 6.07) is 3.49. The van der Waals surface area contributed by atoms with Crippen LogP contribution in [-0.2, 0) is 0 Å². The van der Waals surface area contributed by atoms with Crippen LogP contribution in [-0.4, -0.2) is 21.9 Å². The van der Waals surface area contributed by atoms with Crippen LogP contribution in [0, 0.1) is 6.92 Å². The van der Waals surface area contributed by atoms with E-state index in [1.807, 2.05) is 19.1 Å². The first-order valence-corrected chi connectivity index (χ1v) is 6.40. The third-order valence-corrected chi connectivity index (χ3v) is 3.62.